The van der Waals surface area contributed by atoms with Crippen LogP contribution in [0.3, 0.4) is 0 Å². The van der Waals surface area contributed by atoms with Gasteiger partial charge in [-0.25, -0.2) is 9.67 Å². The van der Waals surface area contributed by atoms with Crippen molar-refractivity contribution in [1.82, 2.24) is 24.2 Å². The van der Waals surface area contributed by atoms with Crippen molar-refractivity contribution in [1.29, 1.82) is 0 Å². The number of imidazole rings is 1. The molecule has 4 atom stereocenters. The Morgan fingerprint density at radius 3 is 2.63 bits per heavy atom. The SMILES string of the molecule is Cn1nc(CC(=O)N2C[C@H]3C[C@@H](n4ccnc4)[C@H](O)C[C@H]3C2)c2ccccc2c1=O. The molecule has 30 heavy (non-hydrogen) atoms. The number of amides is 1. The zero-order chi connectivity index (χ0) is 20.8. The van der Waals surface area contributed by atoms with Gasteiger partial charge in [0.25, 0.3) is 5.56 Å². The third-order valence-electron chi connectivity index (χ3n) is 6.72. The van der Waals surface area contributed by atoms with Crippen molar-refractivity contribution < 1.29 is 9.90 Å². The van der Waals surface area contributed by atoms with E-state index in [1.165, 1.54) is 4.68 Å². The molecule has 3 aromatic rings. The molecule has 1 N–H and O–H groups in total. The number of aromatic nitrogens is 4. The molecule has 0 radical (unpaired) electrons. The smallest absolute Gasteiger partial charge is 0.274 e. The second-order valence-corrected chi connectivity index (χ2v) is 8.53. The number of carbonyl (C=O) groups excluding carboxylic acids is 1. The minimum Gasteiger partial charge on any atom is -0.391 e. The maximum absolute atomic E-state index is 13.1. The summed E-state index contributed by atoms with van der Waals surface area (Å²) in [6, 6.07) is 7.32. The first-order valence-corrected chi connectivity index (χ1v) is 10.4. The van der Waals surface area contributed by atoms with E-state index in [-0.39, 0.29) is 23.9 Å². The molecule has 1 aromatic carbocycles. The number of carbonyl (C=O) groups is 1. The van der Waals surface area contributed by atoms with Crippen molar-refractivity contribution in [2.45, 2.75) is 31.4 Å². The van der Waals surface area contributed by atoms with E-state index in [4.69, 9.17) is 0 Å². The van der Waals surface area contributed by atoms with Crippen molar-refractivity contribution in [3.05, 3.63) is 59.0 Å². The highest BCUT2D eigenvalue weighted by molar-refractivity contribution is 5.88. The Morgan fingerprint density at radius 1 is 1.17 bits per heavy atom. The van der Waals surface area contributed by atoms with Crippen LogP contribution in [0.15, 0.2) is 47.8 Å². The average molecular weight is 407 g/mol. The Bertz CT molecular complexity index is 1140. The second kappa shape index (κ2) is 7.36. The molecule has 1 amide bonds. The van der Waals surface area contributed by atoms with E-state index in [9.17, 15) is 14.7 Å². The molecule has 0 spiro atoms. The average Bonchev–Trinajstić information content (AvgIpc) is 3.41. The number of hydrogen-bond donors (Lipinski definition) is 1. The van der Waals surface area contributed by atoms with E-state index in [1.807, 2.05) is 33.9 Å². The summed E-state index contributed by atoms with van der Waals surface area (Å²) < 4.78 is 3.28. The van der Waals surface area contributed by atoms with Crippen LogP contribution in [-0.4, -0.2) is 54.4 Å². The Labute approximate surface area is 173 Å². The van der Waals surface area contributed by atoms with Crippen LogP contribution >= 0.6 is 0 Å². The van der Waals surface area contributed by atoms with Crippen LogP contribution in [0, 0.1) is 11.8 Å². The molecule has 0 unspecified atom stereocenters. The summed E-state index contributed by atoms with van der Waals surface area (Å²) in [5.74, 6) is 0.706. The van der Waals surface area contributed by atoms with Gasteiger partial charge in [0.15, 0.2) is 0 Å². The molecule has 2 fully saturated rings. The Hall–Kier alpha value is -3.00. The molecule has 0 bridgehead atoms. The second-order valence-electron chi connectivity index (χ2n) is 8.53. The molecule has 2 aromatic heterocycles. The molecule has 1 aliphatic carbocycles. The number of nitrogens with zero attached hydrogens (tertiary/aromatic N) is 5. The minimum atomic E-state index is -0.426. The number of fused-ring (bicyclic) bond motifs is 2. The summed E-state index contributed by atoms with van der Waals surface area (Å²) in [4.78, 5) is 31.4. The zero-order valence-electron chi connectivity index (χ0n) is 16.9. The maximum atomic E-state index is 13.1. The quantitative estimate of drug-likeness (QED) is 0.703. The standard InChI is InChI=1S/C22H25N5O3/c1-25-22(30)17-5-3-2-4-16(17)18(24-25)10-21(29)27-11-14-8-19(26-7-6-23-13-26)20(28)9-15(14)12-27/h2-7,13-15,19-20,28H,8-12H2,1H3/t14-,15+,19-,20-/m1/s1. The first-order valence-electron chi connectivity index (χ1n) is 10.4. The summed E-state index contributed by atoms with van der Waals surface area (Å²) in [6.07, 6.45) is 6.65. The van der Waals surface area contributed by atoms with Crippen molar-refractivity contribution in [3.63, 3.8) is 0 Å². The largest absolute Gasteiger partial charge is 0.391 e. The van der Waals surface area contributed by atoms with Crippen molar-refractivity contribution in [3.8, 4) is 0 Å². The predicted molar refractivity (Wildman–Crippen MR) is 111 cm³/mol. The van der Waals surface area contributed by atoms with Crippen LogP contribution in [0.25, 0.3) is 10.8 Å². The summed E-state index contributed by atoms with van der Waals surface area (Å²) in [6.45, 7) is 1.37. The fourth-order valence-electron chi connectivity index (χ4n) is 5.16. The first-order chi connectivity index (χ1) is 14.5. The monoisotopic (exact) mass is 407 g/mol. The lowest BCUT2D eigenvalue weighted by Crippen LogP contribution is -2.35. The van der Waals surface area contributed by atoms with E-state index < -0.39 is 6.10 Å². The van der Waals surface area contributed by atoms with E-state index >= 15 is 0 Å². The fraction of sp³-hybridized carbons (Fsp3) is 0.455. The van der Waals surface area contributed by atoms with Crippen LogP contribution in [0.2, 0.25) is 0 Å². The number of hydrogen-bond acceptors (Lipinski definition) is 5. The Morgan fingerprint density at radius 2 is 1.90 bits per heavy atom. The van der Waals surface area contributed by atoms with Gasteiger partial charge in [0.05, 0.1) is 36.0 Å². The van der Waals surface area contributed by atoms with Crippen LogP contribution < -0.4 is 5.56 Å². The summed E-state index contributed by atoms with van der Waals surface area (Å²) in [5.41, 5.74) is 0.470. The van der Waals surface area contributed by atoms with Crippen molar-refractivity contribution in [2.24, 2.45) is 18.9 Å². The van der Waals surface area contributed by atoms with Gasteiger partial charge in [-0.1, -0.05) is 18.2 Å². The highest BCUT2D eigenvalue weighted by atomic mass is 16.3. The number of likely N-dealkylation sites (tertiary alicyclic amines) is 1. The Balaban J connectivity index is 1.34. The topological polar surface area (TPSA) is 93.2 Å². The Kier molecular flexibility index (Phi) is 4.66. The van der Waals surface area contributed by atoms with Crippen LogP contribution in [0.4, 0.5) is 0 Å². The number of benzene rings is 1. The molecule has 1 aliphatic heterocycles. The number of rotatable bonds is 3. The molecule has 5 rings (SSSR count). The molecular formula is C22H25N5O3. The van der Waals surface area contributed by atoms with Gasteiger partial charge in [-0.3, -0.25) is 9.59 Å². The molecule has 1 saturated heterocycles. The van der Waals surface area contributed by atoms with Crippen LogP contribution in [0.1, 0.15) is 24.6 Å². The molecule has 8 heteroatoms. The molecule has 8 nitrogen and oxygen atoms in total. The minimum absolute atomic E-state index is 0.0121. The summed E-state index contributed by atoms with van der Waals surface area (Å²) >= 11 is 0. The predicted octanol–water partition coefficient (Wildman–Crippen LogP) is 1.14. The van der Waals surface area contributed by atoms with Gasteiger partial charge in [-0.05, 0) is 30.7 Å². The molecule has 1 saturated carbocycles. The first kappa shape index (κ1) is 19.0. The number of aliphatic hydroxyl groups is 1. The van der Waals surface area contributed by atoms with E-state index in [1.54, 1.807) is 25.6 Å². The van der Waals surface area contributed by atoms with Gasteiger partial charge in [0, 0.05) is 37.9 Å². The third-order valence-corrected chi connectivity index (χ3v) is 6.72. The highest BCUT2D eigenvalue weighted by Crippen LogP contribution is 2.41. The van der Waals surface area contributed by atoms with Gasteiger partial charge < -0.3 is 14.6 Å². The number of aryl methyl sites for hydroxylation is 1. The lowest BCUT2D eigenvalue weighted by atomic mass is 9.77. The molecular weight excluding hydrogens is 382 g/mol. The fourth-order valence-corrected chi connectivity index (χ4v) is 5.16. The lowest BCUT2D eigenvalue weighted by Gasteiger charge is -2.35. The van der Waals surface area contributed by atoms with Crippen molar-refractivity contribution in [2.75, 3.05) is 13.1 Å². The number of aliphatic hydroxyl groups excluding tert-OH is 1. The van der Waals surface area contributed by atoms with E-state index in [2.05, 4.69) is 10.1 Å². The lowest BCUT2D eigenvalue weighted by molar-refractivity contribution is -0.129. The van der Waals surface area contributed by atoms with E-state index in [0.29, 0.717) is 42.4 Å². The van der Waals surface area contributed by atoms with Crippen LogP contribution in [0.5, 0.6) is 0 Å². The van der Waals surface area contributed by atoms with E-state index in [0.717, 1.165) is 11.8 Å². The maximum Gasteiger partial charge on any atom is 0.274 e. The van der Waals surface area contributed by atoms with Gasteiger partial charge in [0.1, 0.15) is 0 Å². The van der Waals surface area contributed by atoms with Crippen molar-refractivity contribution >= 4 is 16.7 Å². The van der Waals surface area contributed by atoms with Crippen LogP contribution in [-0.2, 0) is 18.3 Å². The van der Waals surface area contributed by atoms with Gasteiger partial charge in [0.2, 0.25) is 5.91 Å². The third kappa shape index (κ3) is 3.21. The molecule has 156 valence electrons. The van der Waals surface area contributed by atoms with Gasteiger partial charge in [-0.2, -0.15) is 5.10 Å². The van der Waals surface area contributed by atoms with Gasteiger partial charge in [-0.15, -0.1) is 0 Å². The zero-order valence-corrected chi connectivity index (χ0v) is 16.9. The van der Waals surface area contributed by atoms with Gasteiger partial charge >= 0.3 is 0 Å². The normalized spacial score (nSPS) is 26.1. The molecule has 2 aliphatic rings. The summed E-state index contributed by atoms with van der Waals surface area (Å²) in [7, 11) is 1.62. The molecule has 3 heterocycles. The highest BCUT2D eigenvalue weighted by Gasteiger charge is 2.43. The summed E-state index contributed by atoms with van der Waals surface area (Å²) in [5, 5.41) is 16.3.